The average Bonchev–Trinajstić information content (AvgIpc) is 2.07. The molecule has 1 aliphatic carbocycles. The van der Waals surface area contributed by atoms with Crippen molar-refractivity contribution in [3.63, 3.8) is 0 Å². The minimum Gasteiger partial charge on any atom is -0.308 e. The predicted octanol–water partition coefficient (Wildman–Crippen LogP) is 4.45. The van der Waals surface area contributed by atoms with Gasteiger partial charge in [-0.2, -0.15) is 18.3 Å². The SMILES string of the molecule is CCCCCC1[C-](C(C)C)CC1C. The van der Waals surface area contributed by atoms with E-state index in [9.17, 15) is 0 Å². The van der Waals surface area contributed by atoms with Crippen LogP contribution in [0.3, 0.4) is 0 Å². The molecule has 0 saturated heterocycles. The molecule has 0 radical (unpaired) electrons. The van der Waals surface area contributed by atoms with E-state index in [1.807, 2.05) is 5.92 Å². The molecule has 0 nitrogen and oxygen atoms in total. The van der Waals surface area contributed by atoms with E-state index in [2.05, 4.69) is 27.7 Å². The summed E-state index contributed by atoms with van der Waals surface area (Å²) in [6.45, 7) is 9.42. The van der Waals surface area contributed by atoms with Gasteiger partial charge in [0.15, 0.2) is 0 Å². The molecule has 0 N–H and O–H groups in total. The van der Waals surface area contributed by atoms with Crippen LogP contribution in [-0.2, 0) is 0 Å². The van der Waals surface area contributed by atoms with Gasteiger partial charge in [-0.15, -0.1) is 0 Å². The zero-order valence-electron chi connectivity index (χ0n) is 9.77. The summed E-state index contributed by atoms with van der Waals surface area (Å²) in [7, 11) is 0. The van der Waals surface area contributed by atoms with Gasteiger partial charge in [-0.25, -0.2) is 0 Å². The van der Waals surface area contributed by atoms with Gasteiger partial charge in [0.05, 0.1) is 0 Å². The van der Waals surface area contributed by atoms with E-state index in [0.717, 1.165) is 17.8 Å². The first-order valence-electron chi connectivity index (χ1n) is 6.02. The summed E-state index contributed by atoms with van der Waals surface area (Å²) in [5, 5.41) is 0. The Bertz CT molecular complexity index is 137. The summed E-state index contributed by atoms with van der Waals surface area (Å²) >= 11 is 0. The van der Waals surface area contributed by atoms with Crippen LogP contribution >= 0.6 is 0 Å². The highest BCUT2D eigenvalue weighted by atomic mass is 14.4. The summed E-state index contributed by atoms with van der Waals surface area (Å²) in [6.07, 6.45) is 7.10. The molecular formula is C13H25-. The first-order chi connectivity index (χ1) is 6.16. The maximum Gasteiger partial charge on any atom is -0.0537 e. The molecule has 1 saturated carbocycles. The van der Waals surface area contributed by atoms with Crippen LogP contribution in [0.2, 0.25) is 0 Å². The van der Waals surface area contributed by atoms with Gasteiger partial charge in [0.1, 0.15) is 0 Å². The van der Waals surface area contributed by atoms with E-state index in [4.69, 9.17) is 0 Å². The van der Waals surface area contributed by atoms with Crippen molar-refractivity contribution in [1.29, 1.82) is 0 Å². The van der Waals surface area contributed by atoms with Gasteiger partial charge in [0.25, 0.3) is 0 Å². The fourth-order valence-corrected chi connectivity index (χ4v) is 2.62. The molecule has 0 bridgehead atoms. The van der Waals surface area contributed by atoms with Crippen LogP contribution in [0.15, 0.2) is 0 Å². The van der Waals surface area contributed by atoms with E-state index in [1.54, 1.807) is 0 Å². The number of unbranched alkanes of at least 4 members (excludes halogenated alkanes) is 2. The van der Waals surface area contributed by atoms with Gasteiger partial charge in [-0.1, -0.05) is 59.3 Å². The minimum absolute atomic E-state index is 0.836. The standard InChI is InChI=1S/C13H25/c1-5-6-7-8-12-11(4)9-13(12)10(2)3/h10-12H,5-9H2,1-4H3/q-1. The molecule has 0 heterocycles. The fourth-order valence-electron chi connectivity index (χ4n) is 2.62. The van der Waals surface area contributed by atoms with Crippen molar-refractivity contribution in [2.75, 3.05) is 0 Å². The van der Waals surface area contributed by atoms with Crippen molar-refractivity contribution in [3.05, 3.63) is 5.92 Å². The molecule has 1 aliphatic rings. The third kappa shape index (κ3) is 2.72. The molecule has 0 heteroatoms. The maximum absolute atomic E-state index is 2.42. The van der Waals surface area contributed by atoms with Gasteiger partial charge in [0, 0.05) is 0 Å². The minimum atomic E-state index is 0.836. The first-order valence-corrected chi connectivity index (χ1v) is 6.02. The van der Waals surface area contributed by atoms with Gasteiger partial charge >= 0.3 is 0 Å². The second-order valence-electron chi connectivity index (χ2n) is 5.01. The van der Waals surface area contributed by atoms with Gasteiger partial charge in [-0.05, 0) is 0 Å². The van der Waals surface area contributed by atoms with Crippen LogP contribution < -0.4 is 0 Å². The topological polar surface area (TPSA) is 0 Å². The van der Waals surface area contributed by atoms with Crippen LogP contribution in [0.1, 0.15) is 59.8 Å². The molecule has 0 aliphatic heterocycles. The number of rotatable bonds is 5. The van der Waals surface area contributed by atoms with E-state index in [0.29, 0.717) is 0 Å². The van der Waals surface area contributed by atoms with E-state index in [-0.39, 0.29) is 0 Å². The number of hydrogen-bond acceptors (Lipinski definition) is 0. The van der Waals surface area contributed by atoms with Crippen molar-refractivity contribution in [2.45, 2.75) is 59.8 Å². The zero-order chi connectivity index (χ0) is 9.84. The van der Waals surface area contributed by atoms with Crippen molar-refractivity contribution < 1.29 is 0 Å². The monoisotopic (exact) mass is 181 g/mol. The Kier molecular flexibility index (Phi) is 4.28. The molecule has 2 unspecified atom stereocenters. The molecular weight excluding hydrogens is 156 g/mol. The Labute approximate surface area is 84.1 Å². The highest BCUT2D eigenvalue weighted by Crippen LogP contribution is 2.48. The van der Waals surface area contributed by atoms with Gasteiger partial charge in [0.2, 0.25) is 0 Å². The Morgan fingerprint density at radius 1 is 1.31 bits per heavy atom. The lowest BCUT2D eigenvalue weighted by molar-refractivity contribution is 0.182. The van der Waals surface area contributed by atoms with Crippen LogP contribution in [0.25, 0.3) is 0 Å². The third-order valence-corrected chi connectivity index (χ3v) is 3.58. The van der Waals surface area contributed by atoms with Crippen molar-refractivity contribution in [3.8, 4) is 0 Å². The third-order valence-electron chi connectivity index (χ3n) is 3.58. The van der Waals surface area contributed by atoms with E-state index < -0.39 is 0 Å². The Hall–Kier alpha value is 0. The molecule has 1 fully saturated rings. The molecule has 1 rings (SSSR count). The smallest absolute Gasteiger partial charge is 0.0537 e. The Morgan fingerprint density at radius 3 is 2.46 bits per heavy atom. The molecule has 2 atom stereocenters. The maximum atomic E-state index is 2.42. The molecule has 0 spiro atoms. The lowest BCUT2D eigenvalue weighted by Crippen LogP contribution is -2.36. The second-order valence-corrected chi connectivity index (χ2v) is 5.01. The molecule has 78 valence electrons. The zero-order valence-corrected chi connectivity index (χ0v) is 9.77. The van der Waals surface area contributed by atoms with Gasteiger partial charge < -0.3 is 5.92 Å². The van der Waals surface area contributed by atoms with Gasteiger partial charge in [-0.3, -0.25) is 0 Å². The Morgan fingerprint density at radius 2 is 2.00 bits per heavy atom. The lowest BCUT2D eigenvalue weighted by Gasteiger charge is -2.59. The lowest BCUT2D eigenvalue weighted by atomic mass is 9.60. The first kappa shape index (κ1) is 11.1. The summed E-state index contributed by atoms with van der Waals surface area (Å²) in [5.41, 5.74) is 0. The van der Waals surface area contributed by atoms with Crippen molar-refractivity contribution in [1.82, 2.24) is 0 Å². The highest BCUT2D eigenvalue weighted by Gasteiger charge is 2.25. The van der Waals surface area contributed by atoms with Crippen LogP contribution in [-0.4, -0.2) is 0 Å². The van der Waals surface area contributed by atoms with Crippen LogP contribution in [0.5, 0.6) is 0 Å². The average molecular weight is 181 g/mol. The van der Waals surface area contributed by atoms with E-state index >= 15 is 0 Å². The molecule has 0 aromatic carbocycles. The fraction of sp³-hybridized carbons (Fsp3) is 0.923. The van der Waals surface area contributed by atoms with Crippen LogP contribution in [0.4, 0.5) is 0 Å². The molecule has 0 amide bonds. The second kappa shape index (κ2) is 5.02. The van der Waals surface area contributed by atoms with Crippen LogP contribution in [0, 0.1) is 23.7 Å². The largest absolute Gasteiger partial charge is 0.308 e. The Balaban J connectivity index is 2.22. The van der Waals surface area contributed by atoms with Crippen molar-refractivity contribution >= 4 is 0 Å². The summed E-state index contributed by atoms with van der Waals surface area (Å²) in [6, 6.07) is 0. The number of hydrogen-bond donors (Lipinski definition) is 0. The summed E-state index contributed by atoms with van der Waals surface area (Å²) in [4.78, 5) is 0. The predicted molar refractivity (Wildman–Crippen MR) is 59.5 cm³/mol. The highest BCUT2D eigenvalue weighted by molar-refractivity contribution is 5.10. The molecule has 0 aromatic heterocycles. The molecule has 13 heavy (non-hydrogen) atoms. The molecule has 0 aromatic rings. The van der Waals surface area contributed by atoms with Crippen molar-refractivity contribution in [2.24, 2.45) is 17.8 Å². The summed E-state index contributed by atoms with van der Waals surface area (Å²) in [5.74, 6) is 4.65. The quantitative estimate of drug-likeness (QED) is 0.434. The normalized spacial score (nSPS) is 29.3. The summed E-state index contributed by atoms with van der Waals surface area (Å²) < 4.78 is 0. The van der Waals surface area contributed by atoms with E-state index in [1.165, 1.54) is 32.1 Å².